The zero-order valence-corrected chi connectivity index (χ0v) is 18.9. The van der Waals surface area contributed by atoms with Crippen LogP contribution in [0.3, 0.4) is 0 Å². The van der Waals surface area contributed by atoms with Crippen LogP contribution in [0.2, 0.25) is 0 Å². The van der Waals surface area contributed by atoms with Gasteiger partial charge < -0.3 is 9.97 Å². The molecule has 0 amide bonds. The Morgan fingerprint density at radius 3 is 1.33 bits per heavy atom. The predicted octanol–water partition coefficient (Wildman–Crippen LogP) is 5.52. The zero-order chi connectivity index (χ0) is 22.6. The van der Waals surface area contributed by atoms with E-state index in [0.717, 1.165) is 55.1 Å². The zero-order valence-electron chi connectivity index (χ0n) is 17.9. The quantitative estimate of drug-likeness (QED) is 0.328. The van der Waals surface area contributed by atoms with E-state index in [9.17, 15) is 0 Å². The third-order valence-corrected chi connectivity index (χ3v) is 5.51. The van der Waals surface area contributed by atoms with Gasteiger partial charge in [-0.1, -0.05) is 0 Å². The van der Waals surface area contributed by atoms with E-state index < -0.39 is 0 Å². The maximum atomic E-state index is 4.97. The number of nitrogens with zero attached hydrogens (tertiary/aromatic N) is 2. The number of nitrogens with one attached hydrogen (secondary N) is 2. The summed E-state index contributed by atoms with van der Waals surface area (Å²) in [6.07, 6.45) is 8.09. The fraction of sp³-hybridized carbons (Fsp3) is 0.0370. The first-order valence-electron chi connectivity index (χ1n) is 10.5. The molecule has 5 heterocycles. The first-order valence-corrected chi connectivity index (χ1v) is 11.0. The van der Waals surface area contributed by atoms with E-state index in [1.54, 1.807) is 7.11 Å². The standard InChI is InChI=1S/C20H14N4.C7H7O.Co/c1-2-14-10-16-5-6-18(23-16)12-20-8-7-19(24-20)11-17-4-3-15(22-17)9-13(1)21-14;1-8-7-5-3-2-4-6-7;/h1-12,21,24H;2-5H,1H3;. The number of methoxy groups -OCH3 is 1. The van der Waals surface area contributed by atoms with E-state index in [2.05, 4.69) is 59.9 Å². The molecule has 1 aromatic carbocycles. The molecule has 0 spiro atoms. The van der Waals surface area contributed by atoms with Crippen molar-refractivity contribution >= 4 is 50.9 Å². The average molecular weight is 476 g/mol. The first-order chi connectivity index (χ1) is 16.1. The van der Waals surface area contributed by atoms with Gasteiger partial charge in [-0.25, -0.2) is 9.97 Å². The molecular weight excluding hydrogens is 455 g/mol. The fourth-order valence-electron chi connectivity index (χ4n) is 3.54. The number of aromatic amines is 2. The molecule has 0 saturated heterocycles. The van der Waals surface area contributed by atoms with Crippen molar-refractivity contribution in [2.24, 2.45) is 0 Å². The van der Waals surface area contributed by atoms with E-state index in [-0.39, 0.29) is 0 Å². The number of para-hydroxylation sites is 1. The second-order valence-electron chi connectivity index (χ2n) is 7.52. The van der Waals surface area contributed by atoms with Crippen molar-refractivity contribution in [2.75, 3.05) is 7.11 Å². The summed E-state index contributed by atoms with van der Waals surface area (Å²) in [7, 11) is 1.63. The molecule has 2 aliphatic rings. The Hall–Kier alpha value is -3.87. The maximum absolute atomic E-state index is 4.97. The Morgan fingerprint density at radius 2 is 1.00 bits per heavy atom. The van der Waals surface area contributed by atoms with Crippen molar-refractivity contribution in [3.8, 4) is 5.75 Å². The van der Waals surface area contributed by atoms with Crippen LogP contribution in [0.25, 0.3) is 46.4 Å². The van der Waals surface area contributed by atoms with E-state index in [0.29, 0.717) is 0 Å². The molecule has 0 radical (unpaired) electrons. The summed E-state index contributed by atoms with van der Waals surface area (Å²) in [6, 6.07) is 24.0. The van der Waals surface area contributed by atoms with Gasteiger partial charge in [-0.05, 0) is 72.8 Å². The van der Waals surface area contributed by atoms with Gasteiger partial charge in [0, 0.05) is 22.1 Å². The van der Waals surface area contributed by atoms with Gasteiger partial charge in [0.05, 0.1) is 22.8 Å². The molecule has 0 aliphatic carbocycles. The van der Waals surface area contributed by atoms with Crippen LogP contribution in [0.1, 0.15) is 22.8 Å². The van der Waals surface area contributed by atoms with E-state index in [1.165, 1.54) is 0 Å². The van der Waals surface area contributed by atoms with Crippen molar-refractivity contribution < 1.29 is 20.5 Å². The normalized spacial score (nSPS) is 11.7. The van der Waals surface area contributed by atoms with Gasteiger partial charge in [0.15, 0.2) is 0 Å². The summed E-state index contributed by atoms with van der Waals surface area (Å²) in [5, 5.41) is 0. The van der Waals surface area contributed by atoms with Crippen molar-refractivity contribution in [3.63, 3.8) is 0 Å². The second kappa shape index (κ2) is 9.32. The van der Waals surface area contributed by atoms with Gasteiger partial charge >= 0.3 is 62.1 Å². The molecule has 2 N–H and O–H groups in total. The molecule has 0 atom stereocenters. The molecule has 3 aromatic heterocycles. The molecule has 0 saturated carbocycles. The third-order valence-electron chi connectivity index (χ3n) is 5.08. The third kappa shape index (κ3) is 5.14. The molecule has 5 nitrogen and oxygen atoms in total. The number of H-pyrrole nitrogens is 2. The van der Waals surface area contributed by atoms with Crippen LogP contribution >= 0.6 is 0 Å². The summed E-state index contributed by atoms with van der Waals surface area (Å²) in [6.45, 7) is 0. The summed E-state index contributed by atoms with van der Waals surface area (Å²) in [5.41, 5.74) is 7.86. The number of aromatic nitrogens is 4. The monoisotopic (exact) mass is 476 g/mol. The van der Waals surface area contributed by atoms with E-state index in [1.807, 2.05) is 72.8 Å². The number of fused-ring (bicyclic) bond motifs is 8. The van der Waals surface area contributed by atoms with Gasteiger partial charge in [0.25, 0.3) is 0 Å². The summed E-state index contributed by atoms with van der Waals surface area (Å²) in [4.78, 5) is 16.0. The van der Waals surface area contributed by atoms with Gasteiger partial charge in [0.1, 0.15) is 0 Å². The SMILES string of the molecule is C1=Cc2cc3ccc(cc4nc(cc5ccc(cc1n2)[nH]5)C=C4)[nH]3.COc1cccc[c]1[Co]. The molecule has 164 valence electrons. The van der Waals surface area contributed by atoms with Gasteiger partial charge in [-0.2, -0.15) is 0 Å². The van der Waals surface area contributed by atoms with Crippen LogP contribution in [0.5, 0.6) is 5.75 Å². The van der Waals surface area contributed by atoms with Gasteiger partial charge in [0.2, 0.25) is 0 Å². The van der Waals surface area contributed by atoms with Crippen LogP contribution in [-0.2, 0) is 15.7 Å². The van der Waals surface area contributed by atoms with Crippen LogP contribution in [-0.4, -0.2) is 27.0 Å². The average Bonchev–Trinajstić information content (AvgIpc) is 3.61. The molecule has 33 heavy (non-hydrogen) atoms. The Morgan fingerprint density at radius 1 is 0.606 bits per heavy atom. The van der Waals surface area contributed by atoms with E-state index in [4.69, 9.17) is 4.74 Å². The Labute approximate surface area is 199 Å². The molecule has 0 fully saturated rings. The van der Waals surface area contributed by atoms with Crippen LogP contribution in [0.15, 0.2) is 72.8 Å². The predicted molar refractivity (Wildman–Crippen MR) is 131 cm³/mol. The van der Waals surface area contributed by atoms with Crippen molar-refractivity contribution in [1.82, 2.24) is 19.9 Å². The van der Waals surface area contributed by atoms with Gasteiger partial charge in [-0.15, -0.1) is 0 Å². The van der Waals surface area contributed by atoms with Crippen LogP contribution in [0, 0.1) is 0 Å². The number of hydrogen-bond donors (Lipinski definition) is 2. The first kappa shape index (κ1) is 21.0. The molecule has 0 unspecified atom stereocenters. The minimum atomic E-state index is 0.817. The summed E-state index contributed by atoms with van der Waals surface area (Å²) < 4.78 is 5.83. The van der Waals surface area contributed by atoms with Crippen molar-refractivity contribution in [1.29, 1.82) is 0 Å². The van der Waals surface area contributed by atoms with E-state index >= 15 is 0 Å². The minimum absolute atomic E-state index is 0.817. The Kier molecular flexibility index (Phi) is 5.93. The number of benzene rings is 1. The van der Waals surface area contributed by atoms with Crippen LogP contribution in [0.4, 0.5) is 0 Å². The number of rotatable bonds is 1. The second-order valence-corrected chi connectivity index (χ2v) is 8.08. The molecule has 4 aromatic rings. The van der Waals surface area contributed by atoms with Crippen molar-refractivity contribution in [3.05, 3.63) is 95.6 Å². The molecule has 2 aliphatic heterocycles. The Bertz CT molecular complexity index is 1350. The molecule has 6 rings (SSSR count). The summed E-state index contributed by atoms with van der Waals surface area (Å²) >= 11 is 4.20. The van der Waals surface area contributed by atoms with Crippen LogP contribution < -0.4 is 9.23 Å². The molecule has 8 bridgehead atoms. The number of ether oxygens (including phenoxy) is 1. The molecule has 6 heteroatoms. The van der Waals surface area contributed by atoms with Gasteiger partial charge in [-0.3, -0.25) is 0 Å². The van der Waals surface area contributed by atoms with Crippen molar-refractivity contribution in [2.45, 2.75) is 0 Å². The Balaban J connectivity index is 0.000000215. The molecular formula is C27H21CoN4O. The summed E-state index contributed by atoms with van der Waals surface area (Å²) in [5.74, 6) is 0.817. The number of hydrogen-bond acceptors (Lipinski definition) is 3. The fourth-order valence-corrected chi connectivity index (χ4v) is 3.83. The topological polar surface area (TPSA) is 66.6 Å².